The highest BCUT2D eigenvalue weighted by molar-refractivity contribution is 6.33. The zero-order chi connectivity index (χ0) is 37.7. The van der Waals surface area contributed by atoms with Crippen LogP contribution in [-0.4, -0.2) is 88.3 Å². The van der Waals surface area contributed by atoms with E-state index in [2.05, 4.69) is 10.3 Å². The number of hydrogen-bond acceptors (Lipinski definition) is 13. The van der Waals surface area contributed by atoms with Crippen LogP contribution in [0.3, 0.4) is 0 Å². The summed E-state index contributed by atoms with van der Waals surface area (Å²) in [6.45, 7) is 12.7. The first-order valence-corrected chi connectivity index (χ1v) is 17.0. The summed E-state index contributed by atoms with van der Waals surface area (Å²) in [6.07, 6.45) is 4.23. The number of carbonyl (C=O) groups excluding carboxylic acids is 4. The fourth-order valence-electron chi connectivity index (χ4n) is 7.24. The molecule has 9 atom stereocenters. The van der Waals surface area contributed by atoms with E-state index in [1.807, 2.05) is 0 Å². The Labute approximate surface area is 296 Å². The number of aliphatic hydroxyl groups excluding tert-OH is 2. The van der Waals surface area contributed by atoms with Crippen LogP contribution in [0.15, 0.2) is 52.4 Å². The molecule has 7 bridgehead atoms. The fourth-order valence-corrected chi connectivity index (χ4v) is 7.24. The molecule has 7 rings (SSSR count). The van der Waals surface area contributed by atoms with E-state index in [1.54, 1.807) is 52.8 Å². The van der Waals surface area contributed by atoms with Crippen LogP contribution in [0.4, 0.5) is 0 Å². The molecule has 0 saturated heterocycles. The number of aliphatic hydroxyl groups is 2. The molecular weight excluding hydrogens is 660 g/mol. The third-order valence-corrected chi connectivity index (χ3v) is 10.5. The summed E-state index contributed by atoms with van der Waals surface area (Å²) in [6, 6.07) is 0. The van der Waals surface area contributed by atoms with Gasteiger partial charge in [0.1, 0.15) is 23.4 Å². The Bertz CT molecular complexity index is 1820. The summed E-state index contributed by atoms with van der Waals surface area (Å²) < 4.78 is 23.3. The number of esters is 1. The number of fused-ring (bicyclic) bond motifs is 1. The Morgan fingerprint density at radius 1 is 0.980 bits per heavy atom. The average Bonchev–Trinajstić information content (AvgIpc) is 3.36. The molecule has 0 amide bonds. The summed E-state index contributed by atoms with van der Waals surface area (Å²) in [4.78, 5) is 58.8. The first kappa shape index (κ1) is 37.7. The Morgan fingerprint density at radius 2 is 1.67 bits per heavy atom. The number of nitrogens with zero attached hydrogens (tertiary/aromatic N) is 1. The summed E-state index contributed by atoms with van der Waals surface area (Å²) in [5, 5.41) is 36.9. The second kappa shape index (κ2) is 14.2. The van der Waals surface area contributed by atoms with Crippen molar-refractivity contribution in [1.82, 2.24) is 5.32 Å². The summed E-state index contributed by atoms with van der Waals surface area (Å²) >= 11 is 0. The van der Waals surface area contributed by atoms with Gasteiger partial charge in [0.2, 0.25) is 5.78 Å². The third kappa shape index (κ3) is 6.54. The Morgan fingerprint density at radius 3 is 2.31 bits per heavy atom. The quantitative estimate of drug-likeness (QED) is 0.325. The minimum atomic E-state index is -2.00. The number of amidine groups is 1. The largest absolute Gasteiger partial charge is 0.507 e. The van der Waals surface area contributed by atoms with Crippen LogP contribution >= 0.6 is 0 Å². The number of nitrogens with one attached hydrogen (secondary N) is 1. The van der Waals surface area contributed by atoms with Crippen LogP contribution in [-0.2, 0) is 19.0 Å². The number of aliphatic imine (C=N–C) groups is 1. The van der Waals surface area contributed by atoms with E-state index < -0.39 is 82.9 Å². The summed E-state index contributed by atoms with van der Waals surface area (Å²) in [7, 11) is 1.44. The van der Waals surface area contributed by atoms with Crippen LogP contribution in [0.2, 0.25) is 0 Å². The fraction of sp³-hybridized carbons (Fsp3) is 0.500. The molecule has 13 nitrogen and oxygen atoms in total. The molecule has 1 aromatic rings. The number of hydrogen-bond donors (Lipinski definition) is 4. The molecule has 0 fully saturated rings. The Kier molecular flexibility index (Phi) is 10.5. The molecule has 1 aliphatic carbocycles. The highest BCUT2D eigenvalue weighted by Crippen LogP contribution is 2.49. The van der Waals surface area contributed by atoms with Gasteiger partial charge in [-0.05, 0) is 25.5 Å². The van der Waals surface area contributed by atoms with Crippen molar-refractivity contribution in [2.45, 2.75) is 85.6 Å². The van der Waals surface area contributed by atoms with E-state index in [-0.39, 0.29) is 45.8 Å². The molecule has 5 aliphatic heterocycles. The van der Waals surface area contributed by atoms with Gasteiger partial charge in [-0.25, -0.2) is 0 Å². The first-order chi connectivity index (χ1) is 23.9. The molecular formula is C38H46N2O11. The maximum atomic E-state index is 14.1. The minimum Gasteiger partial charge on any atom is -0.507 e. The van der Waals surface area contributed by atoms with E-state index in [0.717, 1.165) is 0 Å². The van der Waals surface area contributed by atoms with Crippen molar-refractivity contribution < 1.29 is 53.4 Å². The summed E-state index contributed by atoms with van der Waals surface area (Å²) in [5.74, 6) is -7.11. The van der Waals surface area contributed by atoms with E-state index >= 15 is 0 Å². The van der Waals surface area contributed by atoms with Gasteiger partial charge in [-0.2, -0.15) is 0 Å². The van der Waals surface area contributed by atoms with Gasteiger partial charge in [-0.15, -0.1) is 0 Å². The molecule has 6 aliphatic rings. The minimum absolute atomic E-state index is 0.0412. The summed E-state index contributed by atoms with van der Waals surface area (Å²) in [5.41, 5.74) is -0.0584. The number of phenols is 1. The topological polar surface area (TPSA) is 190 Å². The van der Waals surface area contributed by atoms with E-state index in [0.29, 0.717) is 11.4 Å². The van der Waals surface area contributed by atoms with Crippen molar-refractivity contribution in [2.75, 3.05) is 13.7 Å². The molecule has 274 valence electrons. The molecule has 4 N–H and O–H groups in total. The van der Waals surface area contributed by atoms with Crippen LogP contribution in [0.1, 0.15) is 85.1 Å². The predicted octanol–water partition coefficient (Wildman–Crippen LogP) is 3.89. The second-order valence-corrected chi connectivity index (χ2v) is 14.0. The molecule has 0 aromatic heterocycles. The molecule has 0 radical (unpaired) electrons. The maximum Gasteiger partial charge on any atom is 0.312 e. The number of phenolic OH excluding ortho intramolecular Hbond substituents is 1. The van der Waals surface area contributed by atoms with E-state index in [1.165, 1.54) is 40.2 Å². The van der Waals surface area contributed by atoms with Crippen molar-refractivity contribution >= 4 is 29.2 Å². The number of rotatable bonds is 2. The number of methoxy groups -OCH3 is 1. The van der Waals surface area contributed by atoms with Crippen LogP contribution in [0.5, 0.6) is 11.5 Å². The normalized spacial score (nSPS) is 34.9. The van der Waals surface area contributed by atoms with Gasteiger partial charge in [-0.1, -0.05) is 45.9 Å². The molecule has 0 spiro atoms. The van der Waals surface area contributed by atoms with Gasteiger partial charge in [0.05, 0.1) is 53.5 Å². The zero-order valence-electron chi connectivity index (χ0n) is 30.3. The molecule has 9 unspecified atom stereocenters. The molecule has 51 heavy (non-hydrogen) atoms. The van der Waals surface area contributed by atoms with E-state index in [9.17, 15) is 34.5 Å². The number of aromatic hydroxyl groups is 1. The lowest BCUT2D eigenvalue weighted by Crippen LogP contribution is -2.46. The zero-order valence-corrected chi connectivity index (χ0v) is 30.3. The lowest BCUT2D eigenvalue weighted by Gasteiger charge is -2.38. The lowest BCUT2D eigenvalue weighted by atomic mass is 9.78. The van der Waals surface area contributed by atoms with Crippen molar-refractivity contribution in [2.24, 2.45) is 28.7 Å². The van der Waals surface area contributed by atoms with Crippen molar-refractivity contribution in [1.29, 1.82) is 0 Å². The van der Waals surface area contributed by atoms with Gasteiger partial charge < -0.3 is 39.6 Å². The van der Waals surface area contributed by atoms with Crippen molar-refractivity contribution in [3.63, 3.8) is 0 Å². The molecule has 13 heteroatoms. The van der Waals surface area contributed by atoms with Gasteiger partial charge in [-0.3, -0.25) is 24.2 Å². The number of Topliss-reactive ketones (excluding diaryl/α,β-unsaturated/α-hetero) is 3. The van der Waals surface area contributed by atoms with Crippen LogP contribution < -0.4 is 10.1 Å². The number of allylic oxidation sites excluding steroid dienone is 3. The maximum absolute atomic E-state index is 14.1. The van der Waals surface area contributed by atoms with Crippen LogP contribution in [0, 0.1) is 30.6 Å². The number of benzene rings is 1. The van der Waals surface area contributed by atoms with Gasteiger partial charge in [0.25, 0.3) is 5.78 Å². The standard InChI is InChI=1S/C38H46N2O11/c1-16-11-10-12-17(2)37-39-15-23-28(40-37)33(46)26-25(32(23)45)27-35(21(6)31(26)44)51-38(8,36(27)47)49-14-13-24(48-9)18(3)34(50-22(7)41)20(5)30(43)19(4)29(16)42/h10-14,16,18-20,24,29-30,34,42-44H,15H2,1-9H3,(H,39,40)/b11-10+,14-13-,17-12-. The first-order valence-electron chi connectivity index (χ1n) is 17.0. The number of ketones is 3. The van der Waals surface area contributed by atoms with Crippen molar-refractivity contribution in [3.05, 3.63) is 69.7 Å². The number of ether oxygens (including phenoxy) is 4. The third-order valence-electron chi connectivity index (χ3n) is 10.5. The average molecular weight is 707 g/mol. The van der Waals surface area contributed by atoms with Crippen molar-refractivity contribution in [3.8, 4) is 11.5 Å². The number of carbonyl (C=O) groups is 4. The van der Waals surface area contributed by atoms with E-state index in [4.69, 9.17) is 18.9 Å². The highest BCUT2D eigenvalue weighted by Gasteiger charge is 2.52. The van der Waals surface area contributed by atoms with Gasteiger partial charge in [0, 0.05) is 55.8 Å². The SMILES string of the molecule is COC1/C=C\OC2(C)Oc3c(C)c(O)c4c(c3C2=O)C(=O)C2=C(NC(=NC2)/C(C)=C\C=C\C(C)C(O)C(C)C(O)C(C)C(OC(C)=O)C1C)C4=O. The Balaban J connectivity index is 1.61. The second-order valence-electron chi connectivity index (χ2n) is 14.0. The predicted molar refractivity (Wildman–Crippen MR) is 185 cm³/mol. The van der Waals surface area contributed by atoms with Crippen LogP contribution in [0.25, 0.3) is 0 Å². The molecule has 1 aromatic carbocycles. The monoisotopic (exact) mass is 706 g/mol. The van der Waals surface area contributed by atoms with Gasteiger partial charge >= 0.3 is 11.8 Å². The molecule has 0 saturated carbocycles. The highest BCUT2D eigenvalue weighted by atomic mass is 16.7. The molecule has 5 heterocycles. The van der Waals surface area contributed by atoms with Gasteiger partial charge in [0.15, 0.2) is 5.78 Å². The Hall–Kier alpha value is -4.59. The smallest absolute Gasteiger partial charge is 0.312 e. The lowest BCUT2D eigenvalue weighted by molar-refractivity contribution is -0.160.